The topological polar surface area (TPSA) is 64.4 Å². The van der Waals surface area contributed by atoms with Crippen molar-refractivity contribution in [3.8, 4) is 0 Å². The molecule has 1 N–H and O–H groups in total. The van der Waals surface area contributed by atoms with E-state index in [9.17, 15) is 4.79 Å². The lowest BCUT2D eigenvalue weighted by atomic mass is 10.1. The Kier molecular flexibility index (Phi) is 4.82. The lowest BCUT2D eigenvalue weighted by molar-refractivity contribution is 0.0519. The minimum absolute atomic E-state index is 0.202. The molecule has 0 bridgehead atoms. The van der Waals surface area contributed by atoms with Gasteiger partial charge in [-0.25, -0.2) is 4.79 Å². The van der Waals surface area contributed by atoms with E-state index in [4.69, 9.17) is 9.15 Å². The number of nitrogens with zero attached hydrogens (tertiary/aromatic N) is 1. The van der Waals surface area contributed by atoms with Crippen LogP contribution in [0.3, 0.4) is 0 Å². The Bertz CT molecular complexity index is 336. The van der Waals surface area contributed by atoms with Gasteiger partial charge in [0.05, 0.1) is 6.61 Å². The number of nitrogens with one attached hydrogen (secondary N) is 1. The molecule has 90 valence electrons. The van der Waals surface area contributed by atoms with Crippen LogP contribution < -0.4 is 5.32 Å². The Morgan fingerprint density at radius 1 is 1.62 bits per heavy atom. The van der Waals surface area contributed by atoms with Crippen LogP contribution in [-0.4, -0.2) is 24.1 Å². The van der Waals surface area contributed by atoms with E-state index in [1.54, 1.807) is 6.92 Å². The number of esters is 1. The number of ether oxygens (including phenoxy) is 1. The lowest BCUT2D eigenvalue weighted by Gasteiger charge is -2.07. The van der Waals surface area contributed by atoms with Crippen molar-refractivity contribution in [3.05, 3.63) is 12.0 Å². The van der Waals surface area contributed by atoms with Gasteiger partial charge in [0, 0.05) is 6.54 Å². The van der Waals surface area contributed by atoms with E-state index < -0.39 is 5.97 Å². The van der Waals surface area contributed by atoms with Gasteiger partial charge >= 0.3 is 5.97 Å². The second kappa shape index (κ2) is 6.15. The van der Waals surface area contributed by atoms with E-state index in [1.165, 1.54) is 6.26 Å². The van der Waals surface area contributed by atoms with Crippen LogP contribution in [0, 0.1) is 5.92 Å². The fourth-order valence-corrected chi connectivity index (χ4v) is 1.06. The van der Waals surface area contributed by atoms with Crippen molar-refractivity contribution in [1.82, 2.24) is 4.98 Å². The molecular formula is C11H18N2O3. The number of carbonyl (C=O) groups excluding carboxylic acids is 1. The number of oxazole rings is 1. The van der Waals surface area contributed by atoms with Crippen molar-refractivity contribution in [2.45, 2.75) is 27.2 Å². The highest BCUT2D eigenvalue weighted by Crippen LogP contribution is 2.10. The van der Waals surface area contributed by atoms with Gasteiger partial charge in [0.15, 0.2) is 5.69 Å². The normalized spacial score (nSPS) is 12.2. The van der Waals surface area contributed by atoms with Gasteiger partial charge in [-0.15, -0.1) is 0 Å². The van der Waals surface area contributed by atoms with Crippen LogP contribution in [0.25, 0.3) is 0 Å². The van der Waals surface area contributed by atoms with E-state index in [0.717, 1.165) is 13.0 Å². The van der Waals surface area contributed by atoms with Gasteiger partial charge < -0.3 is 14.5 Å². The number of hydrogen-bond donors (Lipinski definition) is 1. The molecule has 0 spiro atoms. The molecule has 0 aliphatic carbocycles. The van der Waals surface area contributed by atoms with Gasteiger partial charge in [-0.05, 0) is 12.8 Å². The molecule has 5 heteroatoms. The SMILES string of the molecule is CCOC(=O)c1coc(NCC(C)CC)n1. The Morgan fingerprint density at radius 3 is 3.00 bits per heavy atom. The summed E-state index contributed by atoms with van der Waals surface area (Å²) >= 11 is 0. The zero-order chi connectivity index (χ0) is 12.0. The minimum atomic E-state index is -0.456. The molecule has 0 amide bonds. The van der Waals surface area contributed by atoms with Gasteiger partial charge in [0.1, 0.15) is 6.26 Å². The van der Waals surface area contributed by atoms with Crippen molar-refractivity contribution in [3.63, 3.8) is 0 Å². The van der Waals surface area contributed by atoms with E-state index in [1.807, 2.05) is 0 Å². The standard InChI is InChI=1S/C11H18N2O3/c1-4-8(3)6-12-11-13-9(7-16-11)10(14)15-5-2/h7-8H,4-6H2,1-3H3,(H,12,13). The molecule has 1 aromatic rings. The van der Waals surface area contributed by atoms with E-state index in [2.05, 4.69) is 24.1 Å². The van der Waals surface area contributed by atoms with Gasteiger partial charge in [0.2, 0.25) is 0 Å². The van der Waals surface area contributed by atoms with Crippen molar-refractivity contribution >= 4 is 12.0 Å². The molecule has 0 radical (unpaired) electrons. The average Bonchev–Trinajstić information content (AvgIpc) is 2.75. The Balaban J connectivity index is 2.48. The van der Waals surface area contributed by atoms with Crippen LogP contribution in [0.5, 0.6) is 0 Å². The van der Waals surface area contributed by atoms with Crippen LogP contribution in [0.15, 0.2) is 10.7 Å². The second-order valence-electron chi connectivity index (χ2n) is 3.65. The molecule has 0 aliphatic heterocycles. The molecule has 0 aliphatic rings. The predicted molar refractivity (Wildman–Crippen MR) is 60.4 cm³/mol. The number of anilines is 1. The number of rotatable bonds is 6. The number of hydrogen-bond acceptors (Lipinski definition) is 5. The first-order valence-corrected chi connectivity index (χ1v) is 5.53. The summed E-state index contributed by atoms with van der Waals surface area (Å²) in [5.74, 6) is 0.0841. The number of carbonyl (C=O) groups is 1. The summed E-state index contributed by atoms with van der Waals surface area (Å²) in [7, 11) is 0. The first kappa shape index (κ1) is 12.5. The summed E-state index contributed by atoms with van der Waals surface area (Å²) in [6.45, 7) is 7.11. The molecule has 1 heterocycles. The van der Waals surface area contributed by atoms with Crippen LogP contribution in [0.4, 0.5) is 6.01 Å². The average molecular weight is 226 g/mol. The third-order valence-corrected chi connectivity index (χ3v) is 2.29. The van der Waals surface area contributed by atoms with Crippen molar-refractivity contribution in [2.24, 2.45) is 5.92 Å². The van der Waals surface area contributed by atoms with Gasteiger partial charge in [-0.3, -0.25) is 0 Å². The Hall–Kier alpha value is -1.52. The maximum atomic E-state index is 11.3. The summed E-state index contributed by atoms with van der Waals surface area (Å²) in [5.41, 5.74) is 0.202. The molecular weight excluding hydrogens is 208 g/mol. The Morgan fingerprint density at radius 2 is 2.38 bits per heavy atom. The summed E-state index contributed by atoms with van der Waals surface area (Å²) < 4.78 is 9.90. The monoisotopic (exact) mass is 226 g/mol. The zero-order valence-corrected chi connectivity index (χ0v) is 9.95. The second-order valence-corrected chi connectivity index (χ2v) is 3.65. The molecule has 0 saturated heterocycles. The van der Waals surface area contributed by atoms with Gasteiger partial charge in [-0.2, -0.15) is 4.98 Å². The molecule has 5 nitrogen and oxygen atoms in total. The van der Waals surface area contributed by atoms with Crippen molar-refractivity contribution in [2.75, 3.05) is 18.5 Å². The fraction of sp³-hybridized carbons (Fsp3) is 0.636. The minimum Gasteiger partial charge on any atom is -0.461 e. The molecule has 1 atom stereocenters. The van der Waals surface area contributed by atoms with E-state index in [-0.39, 0.29) is 5.69 Å². The molecule has 16 heavy (non-hydrogen) atoms. The maximum absolute atomic E-state index is 11.3. The molecule has 1 unspecified atom stereocenters. The van der Waals surface area contributed by atoms with Crippen LogP contribution in [-0.2, 0) is 4.74 Å². The van der Waals surface area contributed by atoms with Gasteiger partial charge in [-0.1, -0.05) is 20.3 Å². The van der Waals surface area contributed by atoms with Crippen molar-refractivity contribution in [1.29, 1.82) is 0 Å². The van der Waals surface area contributed by atoms with Crippen LogP contribution in [0.1, 0.15) is 37.7 Å². The highest BCUT2D eigenvalue weighted by molar-refractivity contribution is 5.87. The third-order valence-electron chi connectivity index (χ3n) is 2.29. The van der Waals surface area contributed by atoms with Crippen LogP contribution >= 0.6 is 0 Å². The molecule has 1 rings (SSSR count). The molecule has 0 saturated carbocycles. The highest BCUT2D eigenvalue weighted by Gasteiger charge is 2.12. The third kappa shape index (κ3) is 3.56. The molecule has 1 aromatic heterocycles. The van der Waals surface area contributed by atoms with Crippen molar-refractivity contribution < 1.29 is 13.9 Å². The first-order chi connectivity index (χ1) is 7.67. The number of aromatic nitrogens is 1. The highest BCUT2D eigenvalue weighted by atomic mass is 16.5. The van der Waals surface area contributed by atoms with E-state index >= 15 is 0 Å². The summed E-state index contributed by atoms with van der Waals surface area (Å²) in [6, 6.07) is 0.364. The molecule has 0 fully saturated rings. The quantitative estimate of drug-likeness (QED) is 0.754. The summed E-state index contributed by atoms with van der Waals surface area (Å²) in [6.07, 6.45) is 2.38. The smallest absolute Gasteiger partial charge is 0.360 e. The summed E-state index contributed by atoms with van der Waals surface area (Å²) in [4.78, 5) is 15.3. The van der Waals surface area contributed by atoms with Gasteiger partial charge in [0.25, 0.3) is 6.01 Å². The molecule has 0 aromatic carbocycles. The van der Waals surface area contributed by atoms with E-state index in [0.29, 0.717) is 18.5 Å². The zero-order valence-electron chi connectivity index (χ0n) is 9.95. The maximum Gasteiger partial charge on any atom is 0.360 e. The predicted octanol–water partition coefficient (Wildman–Crippen LogP) is 2.31. The largest absolute Gasteiger partial charge is 0.461 e. The lowest BCUT2D eigenvalue weighted by Crippen LogP contribution is -2.11. The summed E-state index contributed by atoms with van der Waals surface area (Å²) in [5, 5.41) is 3.03. The van der Waals surface area contributed by atoms with Crippen LogP contribution in [0.2, 0.25) is 0 Å². The first-order valence-electron chi connectivity index (χ1n) is 5.53. The fourth-order valence-electron chi connectivity index (χ4n) is 1.06. The Labute approximate surface area is 95.2 Å².